The molecule has 0 N–H and O–H groups in total. The maximum atomic E-state index is 14.3. The van der Waals surface area contributed by atoms with E-state index in [0.29, 0.717) is 11.8 Å². The zero-order valence-corrected chi connectivity index (χ0v) is 27.1. The standard InChI is InChI=1S/C44H40F2/c1-5-7-27(3)31-9-11-33-23-39-41(25-35(33)21-31)43(29-13-17-37(45)18-14-29)40-24-34-12-10-32(28(4)8-6-2)22-36(34)26-42(40)44(39)30-15-19-38(46)20-16-30/h9-28H,5-8H2,1-4H3. The highest BCUT2D eigenvalue weighted by Crippen LogP contribution is 2.46. The van der Waals surface area contributed by atoms with Gasteiger partial charge in [-0.25, -0.2) is 8.78 Å². The molecule has 2 atom stereocenters. The van der Waals surface area contributed by atoms with Crippen LogP contribution in [0.4, 0.5) is 8.78 Å². The highest BCUT2D eigenvalue weighted by Gasteiger charge is 2.20. The number of hydrogen-bond acceptors (Lipinski definition) is 0. The summed E-state index contributed by atoms with van der Waals surface area (Å²) in [5.41, 5.74) is 6.82. The second kappa shape index (κ2) is 12.3. The third-order valence-electron chi connectivity index (χ3n) is 9.93. The summed E-state index contributed by atoms with van der Waals surface area (Å²) in [7, 11) is 0. The molecule has 0 aliphatic heterocycles. The van der Waals surface area contributed by atoms with Crippen molar-refractivity contribution >= 4 is 43.1 Å². The number of rotatable bonds is 8. The minimum atomic E-state index is -0.250. The lowest BCUT2D eigenvalue weighted by atomic mass is 9.83. The van der Waals surface area contributed by atoms with Crippen LogP contribution in [0, 0.1) is 11.6 Å². The molecule has 0 saturated carbocycles. The number of halogens is 2. The fraction of sp³-hybridized carbons (Fsp3) is 0.227. The maximum absolute atomic E-state index is 14.3. The Kier molecular flexibility index (Phi) is 8.07. The predicted octanol–water partition coefficient (Wildman–Crippen LogP) is 13.7. The van der Waals surface area contributed by atoms with Crippen molar-refractivity contribution in [2.75, 3.05) is 0 Å². The van der Waals surface area contributed by atoms with Gasteiger partial charge in [0.2, 0.25) is 0 Å². The summed E-state index contributed by atoms with van der Waals surface area (Å²) in [6, 6.07) is 36.7. The Hall–Kier alpha value is -4.56. The molecule has 46 heavy (non-hydrogen) atoms. The van der Waals surface area contributed by atoms with E-state index in [0.717, 1.165) is 69.5 Å². The first-order chi connectivity index (χ1) is 22.3. The van der Waals surface area contributed by atoms with Crippen LogP contribution in [-0.2, 0) is 0 Å². The van der Waals surface area contributed by atoms with E-state index in [9.17, 15) is 8.78 Å². The number of benzene rings is 7. The maximum Gasteiger partial charge on any atom is 0.123 e. The normalized spacial score (nSPS) is 13.2. The Morgan fingerprint density at radius 1 is 0.435 bits per heavy atom. The Balaban J connectivity index is 1.64. The molecule has 2 unspecified atom stereocenters. The SMILES string of the molecule is CCCC(C)c1ccc2cc3c(-c4ccc(F)cc4)c4cc5cc(C(C)CCC)ccc5cc4c(-c4ccc(F)cc4)c3cc2c1. The van der Waals surface area contributed by atoms with Crippen LogP contribution in [0.1, 0.15) is 76.3 Å². The summed E-state index contributed by atoms with van der Waals surface area (Å²) >= 11 is 0. The third-order valence-corrected chi connectivity index (χ3v) is 9.93. The first-order valence-corrected chi connectivity index (χ1v) is 16.8. The van der Waals surface area contributed by atoms with Crippen molar-refractivity contribution in [3.05, 3.63) is 132 Å². The summed E-state index contributed by atoms with van der Waals surface area (Å²) in [5.74, 6) is 0.452. The van der Waals surface area contributed by atoms with Crippen molar-refractivity contribution in [3.63, 3.8) is 0 Å². The predicted molar refractivity (Wildman–Crippen MR) is 194 cm³/mol. The lowest BCUT2D eigenvalue weighted by Crippen LogP contribution is -1.95. The second-order valence-electron chi connectivity index (χ2n) is 13.2. The van der Waals surface area contributed by atoms with Gasteiger partial charge in [0.25, 0.3) is 0 Å². The van der Waals surface area contributed by atoms with Gasteiger partial charge in [-0.1, -0.05) is 101 Å². The molecule has 0 aromatic heterocycles. The van der Waals surface area contributed by atoms with Crippen LogP contribution in [0.3, 0.4) is 0 Å². The molecule has 230 valence electrons. The minimum absolute atomic E-state index is 0.250. The fourth-order valence-corrected chi connectivity index (χ4v) is 7.42. The first kappa shape index (κ1) is 30.1. The van der Waals surface area contributed by atoms with Crippen molar-refractivity contribution in [1.82, 2.24) is 0 Å². The zero-order chi connectivity index (χ0) is 31.9. The van der Waals surface area contributed by atoms with Gasteiger partial charge in [-0.2, -0.15) is 0 Å². The van der Waals surface area contributed by atoms with E-state index in [4.69, 9.17) is 0 Å². The van der Waals surface area contributed by atoms with Gasteiger partial charge in [0.15, 0.2) is 0 Å². The van der Waals surface area contributed by atoms with Gasteiger partial charge in [0.1, 0.15) is 11.6 Å². The number of hydrogen-bond donors (Lipinski definition) is 0. The molecule has 7 aromatic carbocycles. The van der Waals surface area contributed by atoms with Crippen molar-refractivity contribution in [1.29, 1.82) is 0 Å². The molecule has 2 heteroatoms. The molecule has 0 aliphatic rings. The van der Waals surface area contributed by atoms with Crippen LogP contribution in [0.15, 0.2) is 109 Å². The van der Waals surface area contributed by atoms with Gasteiger partial charge >= 0.3 is 0 Å². The van der Waals surface area contributed by atoms with Crippen LogP contribution in [-0.4, -0.2) is 0 Å². The molecule has 0 saturated heterocycles. The second-order valence-corrected chi connectivity index (χ2v) is 13.2. The van der Waals surface area contributed by atoms with Crippen molar-refractivity contribution in [3.8, 4) is 22.3 Å². The van der Waals surface area contributed by atoms with Gasteiger partial charge in [-0.3, -0.25) is 0 Å². The van der Waals surface area contributed by atoms with E-state index < -0.39 is 0 Å². The molecule has 0 spiro atoms. The summed E-state index contributed by atoms with van der Waals surface area (Å²) < 4.78 is 28.5. The van der Waals surface area contributed by atoms with Crippen LogP contribution < -0.4 is 0 Å². The lowest BCUT2D eigenvalue weighted by Gasteiger charge is -2.20. The molecule has 0 amide bonds. The fourth-order valence-electron chi connectivity index (χ4n) is 7.42. The van der Waals surface area contributed by atoms with E-state index in [-0.39, 0.29) is 11.6 Å². The Morgan fingerprint density at radius 3 is 1.13 bits per heavy atom. The van der Waals surface area contributed by atoms with Crippen LogP contribution in [0.5, 0.6) is 0 Å². The Bertz CT molecular complexity index is 2050. The van der Waals surface area contributed by atoms with Crippen LogP contribution in [0.25, 0.3) is 65.3 Å². The van der Waals surface area contributed by atoms with Gasteiger partial charge in [-0.15, -0.1) is 0 Å². The Labute approximate surface area is 270 Å². The minimum Gasteiger partial charge on any atom is -0.207 e. The van der Waals surface area contributed by atoms with Crippen molar-refractivity contribution in [2.24, 2.45) is 0 Å². The molecule has 0 heterocycles. The molecule has 7 rings (SSSR count). The molecule has 0 radical (unpaired) electrons. The van der Waals surface area contributed by atoms with Crippen LogP contribution in [0.2, 0.25) is 0 Å². The molecule has 7 aromatic rings. The van der Waals surface area contributed by atoms with Gasteiger partial charge in [0.05, 0.1) is 0 Å². The zero-order valence-electron chi connectivity index (χ0n) is 27.1. The topological polar surface area (TPSA) is 0 Å². The highest BCUT2D eigenvalue weighted by atomic mass is 19.1. The summed E-state index contributed by atoms with van der Waals surface area (Å²) in [5, 5.41) is 9.16. The number of fused-ring (bicyclic) bond motifs is 4. The van der Waals surface area contributed by atoms with E-state index in [2.05, 4.69) is 88.4 Å². The summed E-state index contributed by atoms with van der Waals surface area (Å²) in [4.78, 5) is 0. The van der Waals surface area contributed by atoms with Crippen LogP contribution >= 0.6 is 0 Å². The summed E-state index contributed by atoms with van der Waals surface area (Å²) in [6.45, 7) is 9.07. The van der Waals surface area contributed by atoms with E-state index in [1.54, 1.807) is 24.3 Å². The molecule has 0 bridgehead atoms. The van der Waals surface area contributed by atoms with Gasteiger partial charge in [-0.05, 0) is 150 Å². The highest BCUT2D eigenvalue weighted by molar-refractivity contribution is 6.25. The molecule has 0 fully saturated rings. The average molecular weight is 607 g/mol. The monoisotopic (exact) mass is 606 g/mol. The van der Waals surface area contributed by atoms with Gasteiger partial charge in [0, 0.05) is 0 Å². The molecule has 0 aliphatic carbocycles. The van der Waals surface area contributed by atoms with E-state index in [1.807, 2.05) is 24.3 Å². The molecular formula is C44H40F2. The smallest absolute Gasteiger partial charge is 0.123 e. The average Bonchev–Trinajstić information content (AvgIpc) is 3.06. The quantitative estimate of drug-likeness (QED) is 0.151. The Morgan fingerprint density at radius 2 is 0.783 bits per heavy atom. The molecular weight excluding hydrogens is 566 g/mol. The van der Waals surface area contributed by atoms with E-state index >= 15 is 0 Å². The first-order valence-electron chi connectivity index (χ1n) is 16.8. The third kappa shape index (κ3) is 5.45. The van der Waals surface area contributed by atoms with Crippen molar-refractivity contribution < 1.29 is 8.78 Å². The lowest BCUT2D eigenvalue weighted by molar-refractivity contribution is 0.627. The molecule has 0 nitrogen and oxygen atoms in total. The largest absolute Gasteiger partial charge is 0.207 e. The van der Waals surface area contributed by atoms with Crippen molar-refractivity contribution in [2.45, 2.75) is 65.2 Å². The van der Waals surface area contributed by atoms with E-state index in [1.165, 1.54) is 32.7 Å². The summed E-state index contributed by atoms with van der Waals surface area (Å²) in [6.07, 6.45) is 4.58. The van der Waals surface area contributed by atoms with Gasteiger partial charge < -0.3 is 0 Å².